The first-order valence-electron chi connectivity index (χ1n) is 6.23. The van der Waals surface area contributed by atoms with E-state index in [1.807, 2.05) is 31.2 Å². The Labute approximate surface area is 113 Å². The van der Waals surface area contributed by atoms with Crippen LogP contribution in [0.3, 0.4) is 0 Å². The Balaban J connectivity index is 2.39. The highest BCUT2D eigenvalue weighted by Crippen LogP contribution is 2.03. The second kappa shape index (κ2) is 6.78. The van der Waals surface area contributed by atoms with E-state index in [1.54, 1.807) is 13.8 Å². The van der Waals surface area contributed by atoms with E-state index in [0.29, 0.717) is 6.54 Å². The number of rotatable bonds is 5. The summed E-state index contributed by atoms with van der Waals surface area (Å²) in [6, 6.07) is 7.06. The van der Waals surface area contributed by atoms with Gasteiger partial charge in [-0.05, 0) is 26.3 Å². The molecule has 5 heteroatoms. The van der Waals surface area contributed by atoms with Gasteiger partial charge in [0.05, 0.1) is 5.92 Å². The second-order valence-corrected chi connectivity index (χ2v) is 4.73. The van der Waals surface area contributed by atoms with Gasteiger partial charge in [-0.1, -0.05) is 29.8 Å². The minimum absolute atomic E-state index is 0.360. The van der Waals surface area contributed by atoms with Crippen molar-refractivity contribution in [2.24, 2.45) is 5.92 Å². The van der Waals surface area contributed by atoms with Crippen LogP contribution in [0.25, 0.3) is 0 Å². The summed E-state index contributed by atoms with van der Waals surface area (Å²) in [6.45, 7) is 5.65. The minimum atomic E-state index is -0.925. The summed E-state index contributed by atoms with van der Waals surface area (Å²) < 4.78 is 0. The number of carbonyl (C=O) groups excluding carboxylic acids is 1. The molecule has 1 aromatic rings. The molecular weight excluding hydrogens is 244 g/mol. The SMILES string of the molecule is Cc1ccc(CNC(=O)NC(C)C(C)C(=O)O)cc1. The molecule has 3 N–H and O–H groups in total. The molecule has 2 atom stereocenters. The largest absolute Gasteiger partial charge is 0.481 e. The van der Waals surface area contributed by atoms with Gasteiger partial charge in [-0.25, -0.2) is 4.79 Å². The zero-order valence-corrected chi connectivity index (χ0v) is 11.4. The van der Waals surface area contributed by atoms with Crippen LogP contribution in [0, 0.1) is 12.8 Å². The van der Waals surface area contributed by atoms with E-state index < -0.39 is 17.9 Å². The summed E-state index contributed by atoms with van der Waals surface area (Å²) in [5, 5.41) is 14.1. The number of amides is 2. The van der Waals surface area contributed by atoms with Gasteiger partial charge in [0.25, 0.3) is 0 Å². The van der Waals surface area contributed by atoms with Crippen molar-refractivity contribution in [2.45, 2.75) is 33.4 Å². The number of carboxylic acid groups (broad SMARTS) is 1. The molecule has 0 fully saturated rings. The Morgan fingerprint density at radius 1 is 1.21 bits per heavy atom. The average molecular weight is 264 g/mol. The molecule has 0 aromatic heterocycles. The smallest absolute Gasteiger partial charge is 0.315 e. The van der Waals surface area contributed by atoms with E-state index in [2.05, 4.69) is 10.6 Å². The monoisotopic (exact) mass is 264 g/mol. The Bertz CT molecular complexity index is 443. The summed E-state index contributed by atoms with van der Waals surface area (Å²) in [5.74, 6) is -1.54. The van der Waals surface area contributed by atoms with E-state index >= 15 is 0 Å². The van der Waals surface area contributed by atoms with Crippen molar-refractivity contribution in [3.05, 3.63) is 35.4 Å². The van der Waals surface area contributed by atoms with Crippen LogP contribution in [0.1, 0.15) is 25.0 Å². The molecular formula is C14H20N2O3. The van der Waals surface area contributed by atoms with Crippen LogP contribution in [0.2, 0.25) is 0 Å². The zero-order chi connectivity index (χ0) is 14.4. The molecule has 0 saturated carbocycles. The van der Waals surface area contributed by atoms with E-state index in [-0.39, 0.29) is 6.03 Å². The number of benzene rings is 1. The second-order valence-electron chi connectivity index (χ2n) is 4.73. The highest BCUT2D eigenvalue weighted by molar-refractivity contribution is 5.76. The van der Waals surface area contributed by atoms with Crippen molar-refractivity contribution in [3.8, 4) is 0 Å². The molecule has 2 amide bonds. The van der Waals surface area contributed by atoms with E-state index in [1.165, 1.54) is 0 Å². The number of nitrogens with one attached hydrogen (secondary N) is 2. The van der Waals surface area contributed by atoms with Crippen molar-refractivity contribution in [1.82, 2.24) is 10.6 Å². The highest BCUT2D eigenvalue weighted by atomic mass is 16.4. The number of aliphatic carboxylic acids is 1. The molecule has 5 nitrogen and oxygen atoms in total. The third-order valence-electron chi connectivity index (χ3n) is 3.07. The first-order chi connectivity index (χ1) is 8.90. The fourth-order valence-electron chi connectivity index (χ4n) is 1.48. The lowest BCUT2D eigenvalue weighted by Gasteiger charge is -2.18. The maximum Gasteiger partial charge on any atom is 0.315 e. The van der Waals surface area contributed by atoms with Gasteiger partial charge in [0.2, 0.25) is 0 Å². The van der Waals surface area contributed by atoms with Gasteiger partial charge in [-0.2, -0.15) is 0 Å². The Kier molecular flexibility index (Phi) is 5.36. The molecule has 1 aromatic carbocycles. The molecule has 2 unspecified atom stereocenters. The van der Waals surface area contributed by atoms with Gasteiger partial charge in [0, 0.05) is 12.6 Å². The van der Waals surface area contributed by atoms with Gasteiger partial charge in [-0.3, -0.25) is 4.79 Å². The molecule has 104 valence electrons. The number of carboxylic acids is 1. The van der Waals surface area contributed by atoms with Crippen molar-refractivity contribution in [3.63, 3.8) is 0 Å². The normalized spacial score (nSPS) is 13.4. The number of aryl methyl sites for hydroxylation is 1. The summed E-state index contributed by atoms with van der Waals surface area (Å²) in [4.78, 5) is 22.4. The molecule has 1 rings (SSSR count). The molecule has 0 aliphatic heterocycles. The van der Waals surface area contributed by atoms with Crippen LogP contribution in [-0.4, -0.2) is 23.1 Å². The molecule has 0 bridgehead atoms. The summed E-state index contributed by atoms with van der Waals surface area (Å²) in [6.07, 6.45) is 0. The van der Waals surface area contributed by atoms with Crippen LogP contribution in [0.15, 0.2) is 24.3 Å². The average Bonchev–Trinajstić information content (AvgIpc) is 2.37. The maximum absolute atomic E-state index is 11.6. The topological polar surface area (TPSA) is 78.4 Å². The molecule has 0 aliphatic carbocycles. The summed E-state index contributed by atoms with van der Waals surface area (Å²) in [7, 11) is 0. The molecule has 0 radical (unpaired) electrons. The number of urea groups is 1. The first kappa shape index (κ1) is 15.0. The van der Waals surface area contributed by atoms with Crippen LogP contribution in [0.5, 0.6) is 0 Å². The Morgan fingerprint density at radius 3 is 2.32 bits per heavy atom. The fourth-order valence-corrected chi connectivity index (χ4v) is 1.48. The predicted octanol–water partition coefficient (Wildman–Crippen LogP) is 1.90. The first-order valence-corrected chi connectivity index (χ1v) is 6.23. The van der Waals surface area contributed by atoms with E-state index in [4.69, 9.17) is 5.11 Å². The van der Waals surface area contributed by atoms with E-state index in [0.717, 1.165) is 11.1 Å². The van der Waals surface area contributed by atoms with Crippen LogP contribution in [-0.2, 0) is 11.3 Å². The van der Waals surface area contributed by atoms with Crippen molar-refractivity contribution >= 4 is 12.0 Å². The zero-order valence-electron chi connectivity index (χ0n) is 11.4. The Morgan fingerprint density at radius 2 is 1.79 bits per heavy atom. The minimum Gasteiger partial charge on any atom is -0.481 e. The van der Waals surface area contributed by atoms with Gasteiger partial charge < -0.3 is 15.7 Å². The number of hydrogen-bond acceptors (Lipinski definition) is 2. The Hall–Kier alpha value is -2.04. The van der Waals surface area contributed by atoms with Crippen molar-refractivity contribution in [2.75, 3.05) is 0 Å². The molecule has 19 heavy (non-hydrogen) atoms. The molecule has 0 aliphatic rings. The van der Waals surface area contributed by atoms with Crippen molar-refractivity contribution in [1.29, 1.82) is 0 Å². The number of carbonyl (C=O) groups is 2. The lowest BCUT2D eigenvalue weighted by atomic mass is 10.0. The molecule has 0 saturated heterocycles. The highest BCUT2D eigenvalue weighted by Gasteiger charge is 2.20. The predicted molar refractivity (Wildman–Crippen MR) is 72.8 cm³/mol. The summed E-state index contributed by atoms with van der Waals surface area (Å²) in [5.41, 5.74) is 2.16. The van der Waals surface area contributed by atoms with Gasteiger partial charge >= 0.3 is 12.0 Å². The summed E-state index contributed by atoms with van der Waals surface area (Å²) >= 11 is 0. The quantitative estimate of drug-likeness (QED) is 0.760. The maximum atomic E-state index is 11.6. The van der Waals surface area contributed by atoms with Gasteiger partial charge in [0.15, 0.2) is 0 Å². The fraction of sp³-hybridized carbons (Fsp3) is 0.429. The van der Waals surface area contributed by atoms with Gasteiger partial charge in [0.1, 0.15) is 0 Å². The van der Waals surface area contributed by atoms with Crippen LogP contribution in [0.4, 0.5) is 4.79 Å². The lowest BCUT2D eigenvalue weighted by molar-refractivity contribution is -0.141. The van der Waals surface area contributed by atoms with Crippen molar-refractivity contribution < 1.29 is 14.7 Å². The molecule has 0 heterocycles. The van der Waals surface area contributed by atoms with Gasteiger partial charge in [-0.15, -0.1) is 0 Å². The number of hydrogen-bond donors (Lipinski definition) is 3. The third kappa shape index (κ3) is 4.99. The lowest BCUT2D eigenvalue weighted by Crippen LogP contribution is -2.44. The standard InChI is InChI=1S/C14H20N2O3/c1-9-4-6-12(7-5-9)8-15-14(19)16-11(3)10(2)13(17)18/h4-7,10-11H,8H2,1-3H3,(H,17,18)(H2,15,16,19). The molecule has 0 spiro atoms. The van der Waals surface area contributed by atoms with Crippen LogP contribution >= 0.6 is 0 Å². The van der Waals surface area contributed by atoms with Crippen LogP contribution < -0.4 is 10.6 Å². The third-order valence-corrected chi connectivity index (χ3v) is 3.07. The van der Waals surface area contributed by atoms with E-state index in [9.17, 15) is 9.59 Å².